The van der Waals surface area contributed by atoms with Gasteiger partial charge in [-0.05, 0) is 36.4 Å². The Morgan fingerprint density at radius 3 is 2.38 bits per heavy atom. The first-order valence-corrected chi connectivity index (χ1v) is 9.67. The Hall–Kier alpha value is -1.86. The van der Waals surface area contributed by atoms with Crippen molar-refractivity contribution in [2.45, 2.75) is 0 Å². The molecule has 0 fully saturated rings. The number of benzene rings is 2. The number of thiophene rings is 1. The van der Waals surface area contributed by atoms with Crippen LogP contribution in [0.1, 0.15) is 20.7 Å². The first kappa shape index (κ1) is 18.9. The van der Waals surface area contributed by atoms with E-state index in [1.165, 1.54) is 11.3 Å². The van der Waals surface area contributed by atoms with Crippen molar-refractivity contribution in [3.05, 3.63) is 73.5 Å². The highest BCUT2D eigenvalue weighted by atomic mass is 79.9. The normalized spacial score (nSPS) is 10.6. The summed E-state index contributed by atoms with van der Waals surface area (Å²) in [6, 6.07) is 11.6. The summed E-state index contributed by atoms with van der Waals surface area (Å²) < 4.78 is 0.843. The molecule has 4 nitrogen and oxygen atoms in total. The van der Waals surface area contributed by atoms with E-state index >= 15 is 0 Å². The van der Waals surface area contributed by atoms with Gasteiger partial charge in [0.05, 0.1) is 15.6 Å². The lowest BCUT2D eigenvalue weighted by Crippen LogP contribution is -2.13. The van der Waals surface area contributed by atoms with E-state index in [0.29, 0.717) is 26.0 Å². The summed E-state index contributed by atoms with van der Waals surface area (Å²) in [5.41, 5.74) is 1.17. The predicted octanol–water partition coefficient (Wildman–Crippen LogP) is 6.43. The van der Waals surface area contributed by atoms with Gasteiger partial charge in [-0.25, -0.2) is 4.79 Å². The molecule has 0 spiro atoms. The summed E-state index contributed by atoms with van der Waals surface area (Å²) in [7, 11) is 0. The van der Waals surface area contributed by atoms with Crippen LogP contribution in [0.15, 0.2) is 52.3 Å². The zero-order valence-corrected chi connectivity index (χ0v) is 16.8. The van der Waals surface area contributed by atoms with E-state index in [1.807, 2.05) is 0 Å². The molecular weight excluding hydrogens is 461 g/mol. The Labute approximate surface area is 171 Å². The van der Waals surface area contributed by atoms with E-state index in [4.69, 9.17) is 23.2 Å². The maximum absolute atomic E-state index is 12.4. The zero-order valence-electron chi connectivity index (χ0n) is 12.9. The Balaban J connectivity index is 1.98. The fourth-order valence-corrected chi connectivity index (χ4v) is 4.19. The van der Waals surface area contributed by atoms with Crippen molar-refractivity contribution in [2.24, 2.45) is 0 Å². The highest BCUT2D eigenvalue weighted by molar-refractivity contribution is 9.10. The van der Waals surface area contributed by atoms with Crippen LogP contribution in [-0.4, -0.2) is 17.0 Å². The van der Waals surface area contributed by atoms with E-state index in [2.05, 4.69) is 21.2 Å². The van der Waals surface area contributed by atoms with Crippen LogP contribution in [0.5, 0.6) is 0 Å². The molecular formula is C18H10BrCl2NO3S. The van der Waals surface area contributed by atoms with Gasteiger partial charge in [0.25, 0.3) is 5.91 Å². The minimum atomic E-state index is -1.15. The number of carboxylic acids is 1. The molecule has 26 heavy (non-hydrogen) atoms. The first-order chi connectivity index (χ1) is 12.4. The molecule has 2 N–H and O–H groups in total. The fourth-order valence-electron chi connectivity index (χ4n) is 2.33. The van der Waals surface area contributed by atoms with Crippen LogP contribution < -0.4 is 5.32 Å². The molecule has 0 aliphatic rings. The zero-order chi connectivity index (χ0) is 18.8. The maximum Gasteiger partial charge on any atom is 0.339 e. The van der Waals surface area contributed by atoms with Crippen LogP contribution in [-0.2, 0) is 0 Å². The summed E-state index contributed by atoms with van der Waals surface area (Å²) in [5, 5.41) is 14.7. The quantitative estimate of drug-likeness (QED) is 0.461. The molecule has 0 saturated carbocycles. The van der Waals surface area contributed by atoms with E-state index in [9.17, 15) is 14.7 Å². The lowest BCUT2D eigenvalue weighted by molar-refractivity contribution is 0.0699. The molecule has 0 bridgehead atoms. The molecule has 1 heterocycles. The van der Waals surface area contributed by atoms with E-state index in [-0.39, 0.29) is 11.3 Å². The van der Waals surface area contributed by atoms with Gasteiger partial charge in [0.1, 0.15) is 5.56 Å². The van der Waals surface area contributed by atoms with Crippen molar-refractivity contribution in [1.82, 2.24) is 0 Å². The maximum atomic E-state index is 12.4. The smallest absolute Gasteiger partial charge is 0.339 e. The van der Waals surface area contributed by atoms with Crippen molar-refractivity contribution >= 4 is 68.0 Å². The van der Waals surface area contributed by atoms with Gasteiger partial charge in [0.15, 0.2) is 0 Å². The Morgan fingerprint density at radius 2 is 1.77 bits per heavy atom. The Kier molecular flexibility index (Phi) is 5.67. The van der Waals surface area contributed by atoms with Crippen LogP contribution >= 0.6 is 50.5 Å². The summed E-state index contributed by atoms with van der Waals surface area (Å²) >= 11 is 16.6. The standard InChI is InChI=1S/C18H10BrCl2NO3S/c19-10-3-1-9(2-4-10)17(23)22-14-8-26-16(15(14)18(24)25)12-6-5-11(20)7-13(12)21/h1-8H,(H,22,23)(H,24,25). The van der Waals surface area contributed by atoms with Crippen molar-refractivity contribution in [3.8, 4) is 10.4 Å². The average molecular weight is 471 g/mol. The molecule has 3 aromatic rings. The predicted molar refractivity (Wildman–Crippen MR) is 109 cm³/mol. The van der Waals surface area contributed by atoms with Crippen LogP contribution in [0.2, 0.25) is 10.0 Å². The summed E-state index contributed by atoms with van der Waals surface area (Å²) in [5.74, 6) is -1.55. The van der Waals surface area contributed by atoms with Gasteiger partial charge in [-0.3, -0.25) is 4.79 Å². The van der Waals surface area contributed by atoms with Gasteiger partial charge in [-0.15, -0.1) is 11.3 Å². The van der Waals surface area contributed by atoms with Crippen LogP contribution in [0, 0.1) is 0 Å². The van der Waals surface area contributed by atoms with Gasteiger partial charge < -0.3 is 10.4 Å². The number of hydrogen-bond acceptors (Lipinski definition) is 3. The molecule has 0 unspecified atom stereocenters. The van der Waals surface area contributed by atoms with E-state index in [1.54, 1.807) is 47.8 Å². The van der Waals surface area contributed by atoms with Crippen molar-refractivity contribution in [1.29, 1.82) is 0 Å². The monoisotopic (exact) mass is 469 g/mol. The number of aromatic carboxylic acids is 1. The molecule has 2 aromatic carbocycles. The molecule has 0 aliphatic carbocycles. The topological polar surface area (TPSA) is 66.4 Å². The second kappa shape index (κ2) is 7.80. The number of amides is 1. The van der Waals surface area contributed by atoms with Gasteiger partial charge in [0.2, 0.25) is 0 Å². The molecule has 0 atom stereocenters. The molecule has 3 rings (SSSR count). The highest BCUT2D eigenvalue weighted by Gasteiger charge is 2.22. The fraction of sp³-hybridized carbons (Fsp3) is 0. The summed E-state index contributed by atoms with van der Waals surface area (Å²) in [4.78, 5) is 24.6. The lowest BCUT2D eigenvalue weighted by Gasteiger charge is -2.07. The third kappa shape index (κ3) is 3.94. The molecule has 0 aliphatic heterocycles. The number of hydrogen-bond donors (Lipinski definition) is 2. The second-order valence-corrected chi connectivity index (χ2v) is 7.88. The first-order valence-electron chi connectivity index (χ1n) is 7.24. The third-order valence-electron chi connectivity index (χ3n) is 3.54. The summed E-state index contributed by atoms with van der Waals surface area (Å²) in [6.07, 6.45) is 0. The third-order valence-corrected chi connectivity index (χ3v) is 5.63. The largest absolute Gasteiger partial charge is 0.478 e. The van der Waals surface area contributed by atoms with Crippen molar-refractivity contribution in [3.63, 3.8) is 0 Å². The van der Waals surface area contributed by atoms with Gasteiger partial charge in [-0.2, -0.15) is 0 Å². The second-order valence-electron chi connectivity index (χ2n) is 5.24. The van der Waals surface area contributed by atoms with E-state index in [0.717, 1.165) is 4.47 Å². The molecule has 0 saturated heterocycles. The SMILES string of the molecule is O=C(Nc1csc(-c2ccc(Cl)cc2Cl)c1C(=O)O)c1ccc(Br)cc1. The van der Waals surface area contributed by atoms with E-state index < -0.39 is 11.9 Å². The van der Waals surface area contributed by atoms with Crippen molar-refractivity contribution in [2.75, 3.05) is 5.32 Å². The lowest BCUT2D eigenvalue weighted by atomic mass is 10.1. The minimum Gasteiger partial charge on any atom is -0.478 e. The Bertz CT molecular complexity index is 1000. The number of halogens is 3. The average Bonchev–Trinajstić information content (AvgIpc) is 2.99. The molecule has 0 radical (unpaired) electrons. The van der Waals surface area contributed by atoms with Crippen LogP contribution in [0.4, 0.5) is 5.69 Å². The number of carboxylic acid groups (broad SMARTS) is 1. The highest BCUT2D eigenvalue weighted by Crippen LogP contribution is 2.40. The van der Waals surface area contributed by atoms with Gasteiger partial charge >= 0.3 is 5.97 Å². The molecule has 132 valence electrons. The number of carbonyl (C=O) groups excluding carboxylic acids is 1. The van der Waals surface area contributed by atoms with Crippen molar-refractivity contribution < 1.29 is 14.7 Å². The molecule has 8 heteroatoms. The number of nitrogens with one attached hydrogen (secondary N) is 1. The Morgan fingerprint density at radius 1 is 1.08 bits per heavy atom. The van der Waals surface area contributed by atoms with Crippen LogP contribution in [0.3, 0.4) is 0 Å². The summed E-state index contributed by atoms with van der Waals surface area (Å²) in [6.45, 7) is 0. The minimum absolute atomic E-state index is 0.00955. The molecule has 1 aromatic heterocycles. The number of carbonyl (C=O) groups is 2. The van der Waals surface area contributed by atoms with Gasteiger partial charge in [0, 0.05) is 26.0 Å². The van der Waals surface area contributed by atoms with Crippen LogP contribution in [0.25, 0.3) is 10.4 Å². The molecule has 1 amide bonds. The number of anilines is 1. The van der Waals surface area contributed by atoms with Gasteiger partial charge in [-0.1, -0.05) is 45.2 Å². The number of rotatable bonds is 4.